The largest absolute Gasteiger partial charge is 0.493 e. The van der Waals surface area contributed by atoms with Gasteiger partial charge in [-0.1, -0.05) is 35.5 Å². The lowest BCUT2D eigenvalue weighted by atomic mass is 10.0. The predicted octanol–water partition coefficient (Wildman–Crippen LogP) is 4.04. The van der Waals surface area contributed by atoms with Crippen LogP contribution in [-0.4, -0.2) is 25.4 Å². The Bertz CT molecular complexity index is 859. The summed E-state index contributed by atoms with van der Waals surface area (Å²) in [5, 5.41) is 3.92. The van der Waals surface area contributed by atoms with Crippen molar-refractivity contribution in [2.75, 3.05) is 13.7 Å². The molecule has 1 aliphatic rings. The number of oxime groups is 1. The second kappa shape index (κ2) is 7.69. The van der Waals surface area contributed by atoms with Gasteiger partial charge in [0.15, 0.2) is 11.5 Å². The number of hydrogen-bond donors (Lipinski definition) is 0. The van der Waals surface area contributed by atoms with Crippen molar-refractivity contribution in [2.24, 2.45) is 5.16 Å². The third-order valence-corrected chi connectivity index (χ3v) is 4.39. The summed E-state index contributed by atoms with van der Waals surface area (Å²) in [6.45, 7) is 2.46. The van der Waals surface area contributed by atoms with Gasteiger partial charge < -0.3 is 14.3 Å². The number of ether oxygens (including phenoxy) is 2. The Labute approximate surface area is 159 Å². The Morgan fingerprint density at radius 1 is 1.24 bits per heavy atom. The molecule has 0 N–H and O–H groups in total. The van der Waals surface area contributed by atoms with Gasteiger partial charge in [0.1, 0.15) is 5.71 Å². The Hall–Kier alpha value is -2.35. The first kappa shape index (κ1) is 17.5. The maximum atomic E-state index is 12.1. The molecule has 0 bridgehead atoms. The summed E-state index contributed by atoms with van der Waals surface area (Å²) in [4.78, 5) is 17.0. The van der Waals surface area contributed by atoms with E-state index in [2.05, 4.69) is 27.7 Å². The number of rotatable bonds is 5. The number of carbonyl (C=O) groups is 1. The highest BCUT2D eigenvalue weighted by molar-refractivity contribution is 14.1. The first-order valence-corrected chi connectivity index (χ1v) is 8.79. The van der Waals surface area contributed by atoms with Crippen LogP contribution in [0.25, 0.3) is 6.08 Å². The summed E-state index contributed by atoms with van der Waals surface area (Å²) in [6, 6.07) is 13.2. The van der Waals surface area contributed by atoms with Crippen molar-refractivity contribution >= 4 is 40.3 Å². The van der Waals surface area contributed by atoms with E-state index in [9.17, 15) is 4.79 Å². The van der Waals surface area contributed by atoms with Crippen LogP contribution in [0, 0.1) is 3.57 Å². The summed E-state index contributed by atoms with van der Waals surface area (Å²) in [5.41, 5.74) is 2.57. The molecule has 0 radical (unpaired) electrons. The molecular weight excluding hydrogens is 433 g/mol. The summed E-state index contributed by atoms with van der Waals surface area (Å²) in [6.07, 6.45) is 1.75. The van der Waals surface area contributed by atoms with Crippen molar-refractivity contribution in [1.29, 1.82) is 0 Å². The van der Waals surface area contributed by atoms with Crippen LogP contribution in [0.5, 0.6) is 11.5 Å². The molecule has 0 atom stereocenters. The molecule has 2 aromatic rings. The van der Waals surface area contributed by atoms with E-state index in [4.69, 9.17) is 14.3 Å². The van der Waals surface area contributed by atoms with E-state index in [1.54, 1.807) is 13.2 Å². The van der Waals surface area contributed by atoms with Crippen LogP contribution in [0.1, 0.15) is 18.1 Å². The topological polar surface area (TPSA) is 57.1 Å². The molecular formula is C19H16INO4. The third-order valence-electron chi connectivity index (χ3n) is 3.59. The molecule has 1 heterocycles. The van der Waals surface area contributed by atoms with Crippen LogP contribution in [0.4, 0.5) is 0 Å². The van der Waals surface area contributed by atoms with E-state index in [0.29, 0.717) is 29.4 Å². The minimum Gasteiger partial charge on any atom is -0.493 e. The molecule has 2 aromatic carbocycles. The van der Waals surface area contributed by atoms with Gasteiger partial charge in [-0.2, -0.15) is 0 Å². The Kier molecular flexibility index (Phi) is 5.37. The van der Waals surface area contributed by atoms with Gasteiger partial charge in [0.2, 0.25) is 0 Å². The summed E-state index contributed by atoms with van der Waals surface area (Å²) in [7, 11) is 1.59. The lowest BCUT2D eigenvalue weighted by Gasteiger charge is -2.12. The number of carbonyl (C=O) groups excluding carboxylic acids is 1. The van der Waals surface area contributed by atoms with Gasteiger partial charge in [-0.3, -0.25) is 0 Å². The molecule has 5 nitrogen and oxygen atoms in total. The molecule has 0 amide bonds. The zero-order valence-corrected chi connectivity index (χ0v) is 15.9. The van der Waals surface area contributed by atoms with Crippen molar-refractivity contribution in [2.45, 2.75) is 6.92 Å². The molecule has 0 saturated carbocycles. The zero-order chi connectivity index (χ0) is 17.8. The van der Waals surface area contributed by atoms with Crippen LogP contribution in [0.15, 0.2) is 53.2 Å². The molecule has 0 aliphatic carbocycles. The fourth-order valence-electron chi connectivity index (χ4n) is 2.49. The van der Waals surface area contributed by atoms with E-state index in [0.717, 1.165) is 14.7 Å². The molecule has 6 heteroatoms. The average Bonchev–Trinajstić information content (AvgIpc) is 2.98. The molecule has 0 aromatic heterocycles. The first-order valence-electron chi connectivity index (χ1n) is 7.71. The lowest BCUT2D eigenvalue weighted by molar-refractivity contribution is -0.136. The van der Waals surface area contributed by atoms with E-state index in [1.165, 1.54) is 0 Å². The van der Waals surface area contributed by atoms with Crippen molar-refractivity contribution in [3.8, 4) is 11.5 Å². The van der Waals surface area contributed by atoms with E-state index >= 15 is 0 Å². The van der Waals surface area contributed by atoms with Gasteiger partial charge >= 0.3 is 5.97 Å². The number of hydrogen-bond acceptors (Lipinski definition) is 5. The minimum atomic E-state index is -0.471. The predicted molar refractivity (Wildman–Crippen MR) is 104 cm³/mol. The maximum absolute atomic E-state index is 12.1. The number of benzene rings is 2. The standard InChI is InChI=1S/C19H16INO4/c1-3-24-18-15(20)10-12(11-16(18)23-2)9-14-17(21-25-19(14)22)13-7-5-4-6-8-13/h4-11H,3H2,1-2H3. The highest BCUT2D eigenvalue weighted by atomic mass is 127. The van der Waals surface area contributed by atoms with Crippen LogP contribution >= 0.6 is 22.6 Å². The lowest BCUT2D eigenvalue weighted by Crippen LogP contribution is -2.07. The van der Waals surface area contributed by atoms with Crippen molar-refractivity contribution in [1.82, 2.24) is 0 Å². The Balaban J connectivity index is 2.03. The van der Waals surface area contributed by atoms with Crippen molar-refractivity contribution in [3.63, 3.8) is 0 Å². The number of halogens is 1. The highest BCUT2D eigenvalue weighted by Gasteiger charge is 2.27. The molecule has 0 spiro atoms. The fourth-order valence-corrected chi connectivity index (χ4v) is 3.27. The molecule has 1 aliphatic heterocycles. The second-order valence-corrected chi connectivity index (χ2v) is 6.37. The smallest absolute Gasteiger partial charge is 0.368 e. The van der Waals surface area contributed by atoms with Gasteiger partial charge in [0.25, 0.3) is 0 Å². The summed E-state index contributed by atoms with van der Waals surface area (Å²) < 4.78 is 11.9. The fraction of sp³-hybridized carbons (Fsp3) is 0.158. The van der Waals surface area contributed by atoms with E-state index in [-0.39, 0.29) is 0 Å². The summed E-state index contributed by atoms with van der Waals surface area (Å²) >= 11 is 2.19. The van der Waals surface area contributed by atoms with Crippen LogP contribution < -0.4 is 9.47 Å². The van der Waals surface area contributed by atoms with Gasteiger partial charge in [0, 0.05) is 5.56 Å². The number of methoxy groups -OCH3 is 1. The minimum absolute atomic E-state index is 0.410. The molecule has 128 valence electrons. The average molecular weight is 449 g/mol. The molecule has 0 saturated heterocycles. The van der Waals surface area contributed by atoms with Gasteiger partial charge in [0.05, 0.1) is 22.9 Å². The van der Waals surface area contributed by atoms with Gasteiger partial charge in [-0.15, -0.1) is 0 Å². The van der Waals surface area contributed by atoms with Crippen molar-refractivity contribution in [3.05, 3.63) is 62.7 Å². The summed E-state index contributed by atoms with van der Waals surface area (Å²) in [5.74, 6) is 0.838. The first-order chi connectivity index (χ1) is 12.1. The highest BCUT2D eigenvalue weighted by Crippen LogP contribution is 2.35. The van der Waals surface area contributed by atoms with Gasteiger partial charge in [-0.05, 0) is 53.3 Å². The van der Waals surface area contributed by atoms with Crippen LogP contribution in [-0.2, 0) is 9.63 Å². The molecule has 3 rings (SSSR count). The monoisotopic (exact) mass is 449 g/mol. The normalized spacial score (nSPS) is 15.1. The Morgan fingerprint density at radius 2 is 2.00 bits per heavy atom. The Morgan fingerprint density at radius 3 is 2.68 bits per heavy atom. The van der Waals surface area contributed by atoms with Crippen molar-refractivity contribution < 1.29 is 19.1 Å². The van der Waals surface area contributed by atoms with Gasteiger partial charge in [-0.25, -0.2) is 4.79 Å². The van der Waals surface area contributed by atoms with E-state index < -0.39 is 5.97 Å². The SMILES string of the molecule is CCOc1c(I)cc(C=C2C(=O)ON=C2c2ccccc2)cc1OC. The third kappa shape index (κ3) is 3.68. The van der Waals surface area contributed by atoms with Crippen LogP contribution in [0.2, 0.25) is 0 Å². The second-order valence-electron chi connectivity index (χ2n) is 5.21. The molecule has 0 unspecified atom stereocenters. The number of nitrogens with zero attached hydrogens (tertiary/aromatic N) is 1. The van der Waals surface area contributed by atoms with E-state index in [1.807, 2.05) is 49.4 Å². The molecule has 25 heavy (non-hydrogen) atoms. The molecule has 0 fully saturated rings. The maximum Gasteiger partial charge on any atom is 0.368 e. The van der Waals surface area contributed by atoms with Crippen LogP contribution in [0.3, 0.4) is 0 Å². The quantitative estimate of drug-likeness (QED) is 0.393. The zero-order valence-electron chi connectivity index (χ0n) is 13.8.